The highest BCUT2D eigenvalue weighted by Crippen LogP contribution is 2.71. The Morgan fingerprint density at radius 1 is 1.23 bits per heavy atom. The van der Waals surface area contributed by atoms with Gasteiger partial charge in [0, 0.05) is 29.6 Å². The molecule has 1 unspecified atom stereocenters. The molecule has 1 saturated carbocycles. The van der Waals surface area contributed by atoms with E-state index in [-0.39, 0.29) is 29.1 Å². The molecule has 4 N–H and O–H groups in total. The molecule has 2 aliphatic rings. The van der Waals surface area contributed by atoms with Crippen LogP contribution < -0.4 is 15.8 Å². The number of amidine groups is 1. The van der Waals surface area contributed by atoms with Gasteiger partial charge in [-0.2, -0.15) is 0 Å². The number of nitrogens with zero attached hydrogens (tertiary/aromatic N) is 7. The average Bonchev–Trinajstić information content (AvgIpc) is 3.31. The van der Waals surface area contributed by atoms with Crippen molar-refractivity contribution in [2.75, 3.05) is 12.0 Å². The maximum atomic E-state index is 15.4. The summed E-state index contributed by atoms with van der Waals surface area (Å²) >= 11 is 1.31. The summed E-state index contributed by atoms with van der Waals surface area (Å²) in [6.07, 6.45) is 8.18. The Labute approximate surface area is 228 Å². The Hall–Kier alpha value is -4.66. The normalized spacial score (nSPS) is 23.4. The first-order valence-corrected chi connectivity index (χ1v) is 13.0. The molecule has 0 saturated heterocycles. The van der Waals surface area contributed by atoms with Crippen molar-refractivity contribution in [3.05, 3.63) is 78.3 Å². The first-order valence-electron chi connectivity index (χ1n) is 12.2. The van der Waals surface area contributed by atoms with Crippen molar-refractivity contribution in [2.24, 2.45) is 16.6 Å². The van der Waals surface area contributed by atoms with Crippen LogP contribution in [0.25, 0.3) is 11.0 Å². The molecule has 4 aromatic heterocycles. The number of pyridine rings is 1. The highest BCUT2D eigenvalue weighted by Gasteiger charge is 2.70. The fourth-order valence-corrected chi connectivity index (χ4v) is 6.58. The molecule has 0 spiro atoms. The van der Waals surface area contributed by atoms with Crippen LogP contribution in [0.3, 0.4) is 0 Å². The maximum Gasteiger partial charge on any atom is 0.233 e. The Morgan fingerprint density at radius 3 is 2.95 bits per heavy atom. The van der Waals surface area contributed by atoms with E-state index in [9.17, 15) is 4.39 Å². The molecule has 40 heavy (non-hydrogen) atoms. The summed E-state index contributed by atoms with van der Waals surface area (Å²) in [5.74, 6) is 0.105. The number of anilines is 2. The number of H-pyrrole nitrogens is 1. The lowest BCUT2D eigenvalue weighted by molar-refractivity contribution is 0.253. The summed E-state index contributed by atoms with van der Waals surface area (Å²) in [4.78, 5) is 21.8. The van der Waals surface area contributed by atoms with Crippen molar-refractivity contribution in [3.63, 3.8) is 0 Å². The number of aromatic nitrogens is 7. The predicted octanol–water partition coefficient (Wildman–Crippen LogP) is 3.73. The molecular formula is C25H20F2N10O2S. The van der Waals surface area contributed by atoms with E-state index >= 15 is 4.39 Å². The van der Waals surface area contributed by atoms with Crippen LogP contribution in [0.15, 0.2) is 64.7 Å². The largest absolute Gasteiger partial charge is 0.467 e. The Morgan fingerprint density at radius 2 is 2.15 bits per heavy atom. The third kappa shape index (κ3) is 3.92. The number of aromatic amines is 1. The molecule has 1 fully saturated rings. The zero-order valence-electron chi connectivity index (χ0n) is 20.6. The molecule has 0 bridgehead atoms. The summed E-state index contributed by atoms with van der Waals surface area (Å²) in [6.45, 7) is -0.838. The van der Waals surface area contributed by atoms with Gasteiger partial charge in [-0.15, -0.1) is 5.10 Å². The van der Waals surface area contributed by atoms with Gasteiger partial charge in [-0.3, -0.25) is 5.10 Å². The Bertz CT molecular complexity index is 1740. The number of hydrogen-bond donors (Lipinski definition) is 3. The number of thioether (sulfide) groups is 1. The lowest BCUT2D eigenvalue weighted by atomic mass is 9.84. The third-order valence-electron chi connectivity index (χ3n) is 7.10. The molecular weight excluding hydrogens is 542 g/mol. The van der Waals surface area contributed by atoms with Crippen molar-refractivity contribution < 1.29 is 17.9 Å². The van der Waals surface area contributed by atoms with E-state index in [1.54, 1.807) is 18.5 Å². The average molecular weight is 563 g/mol. The molecule has 12 nitrogen and oxygen atoms in total. The summed E-state index contributed by atoms with van der Waals surface area (Å²) < 4.78 is 40.5. The second-order valence-electron chi connectivity index (χ2n) is 9.38. The minimum Gasteiger partial charge on any atom is -0.467 e. The van der Waals surface area contributed by atoms with Gasteiger partial charge in [0.15, 0.2) is 17.6 Å². The number of fused-ring (bicyclic) bond motifs is 2. The molecule has 5 heterocycles. The molecule has 0 radical (unpaired) electrons. The number of hydrogen-bond acceptors (Lipinski definition) is 12. The monoisotopic (exact) mass is 562 g/mol. The number of rotatable bonds is 8. The van der Waals surface area contributed by atoms with E-state index in [1.807, 2.05) is 0 Å². The minimum absolute atomic E-state index is 0.0900. The third-order valence-corrected chi connectivity index (χ3v) is 8.42. The molecule has 1 aliphatic carbocycles. The smallest absolute Gasteiger partial charge is 0.233 e. The van der Waals surface area contributed by atoms with Crippen molar-refractivity contribution in [1.82, 2.24) is 35.3 Å². The summed E-state index contributed by atoms with van der Waals surface area (Å²) in [5.41, 5.74) is 6.82. The lowest BCUT2D eigenvalue weighted by Crippen LogP contribution is -2.39. The molecule has 3 atom stereocenters. The van der Waals surface area contributed by atoms with Gasteiger partial charge in [0.25, 0.3) is 0 Å². The number of ether oxygens (including phenoxy) is 1. The van der Waals surface area contributed by atoms with Gasteiger partial charge in [-0.25, -0.2) is 33.7 Å². The second-order valence-corrected chi connectivity index (χ2v) is 10.7. The quantitative estimate of drug-likeness (QED) is 0.252. The van der Waals surface area contributed by atoms with Crippen LogP contribution in [-0.2, 0) is 16.9 Å². The Balaban J connectivity index is 1.20. The number of benzene rings is 1. The van der Waals surface area contributed by atoms with Gasteiger partial charge in [0.1, 0.15) is 29.8 Å². The van der Waals surface area contributed by atoms with Gasteiger partial charge in [-0.05, 0) is 30.7 Å². The lowest BCUT2D eigenvalue weighted by Gasteiger charge is -2.34. The van der Waals surface area contributed by atoms with Crippen LogP contribution in [0.1, 0.15) is 23.6 Å². The van der Waals surface area contributed by atoms with Gasteiger partial charge in [0.2, 0.25) is 11.8 Å². The van der Waals surface area contributed by atoms with E-state index in [0.29, 0.717) is 40.5 Å². The van der Waals surface area contributed by atoms with Crippen molar-refractivity contribution in [1.29, 1.82) is 0 Å². The van der Waals surface area contributed by atoms with E-state index in [2.05, 4.69) is 45.7 Å². The minimum atomic E-state index is -1.52. The summed E-state index contributed by atoms with van der Waals surface area (Å²) in [6, 6.07) is 6.03. The molecule has 5 aromatic rings. The molecule has 1 aromatic carbocycles. The highest BCUT2D eigenvalue weighted by molar-refractivity contribution is 8.14. The molecule has 7 rings (SSSR count). The SMILES string of the molecule is NC1=N[C@](CF)(c2cc(Nc3nccc4nc(OCc5ncco5)cnc34)ccc2F)C2C[C@]2(c2c[nH]nn2)S1. The van der Waals surface area contributed by atoms with Gasteiger partial charge in [0.05, 0.1) is 28.4 Å². The summed E-state index contributed by atoms with van der Waals surface area (Å²) in [7, 11) is 0. The van der Waals surface area contributed by atoms with Gasteiger partial charge in [-0.1, -0.05) is 17.0 Å². The number of alkyl halides is 1. The van der Waals surface area contributed by atoms with Crippen molar-refractivity contribution >= 4 is 39.5 Å². The fourth-order valence-electron chi connectivity index (χ4n) is 5.20. The molecule has 1 aliphatic heterocycles. The van der Waals surface area contributed by atoms with E-state index in [4.69, 9.17) is 14.9 Å². The van der Waals surface area contributed by atoms with E-state index < -0.39 is 22.8 Å². The number of nitrogens with two attached hydrogens (primary N) is 1. The molecule has 0 amide bonds. The van der Waals surface area contributed by atoms with Gasteiger partial charge < -0.3 is 20.2 Å². The van der Waals surface area contributed by atoms with Crippen LogP contribution in [0.2, 0.25) is 0 Å². The topological polar surface area (TPSA) is 166 Å². The zero-order chi connectivity index (χ0) is 27.3. The van der Waals surface area contributed by atoms with Gasteiger partial charge >= 0.3 is 0 Å². The second kappa shape index (κ2) is 9.22. The maximum absolute atomic E-state index is 15.4. The van der Waals surface area contributed by atoms with Crippen LogP contribution >= 0.6 is 11.8 Å². The van der Waals surface area contributed by atoms with Crippen LogP contribution in [0.4, 0.5) is 20.3 Å². The first kappa shape index (κ1) is 24.4. The van der Waals surface area contributed by atoms with E-state index in [1.165, 1.54) is 48.6 Å². The summed E-state index contributed by atoms with van der Waals surface area (Å²) in [5, 5.41) is 13.9. The Kier molecular flexibility index (Phi) is 5.62. The van der Waals surface area contributed by atoms with Crippen LogP contribution in [0, 0.1) is 11.7 Å². The number of halogens is 2. The van der Waals surface area contributed by atoms with Crippen LogP contribution in [-0.4, -0.2) is 47.2 Å². The first-order chi connectivity index (χ1) is 19.5. The number of oxazole rings is 1. The fraction of sp³-hybridized carbons (Fsp3) is 0.240. The predicted molar refractivity (Wildman–Crippen MR) is 141 cm³/mol. The zero-order valence-corrected chi connectivity index (χ0v) is 21.4. The molecule has 15 heteroatoms. The number of aliphatic imine (C=N–C) groups is 1. The van der Waals surface area contributed by atoms with Crippen LogP contribution in [0.5, 0.6) is 5.88 Å². The van der Waals surface area contributed by atoms with E-state index in [0.717, 1.165) is 0 Å². The van der Waals surface area contributed by atoms with Crippen molar-refractivity contribution in [2.45, 2.75) is 23.3 Å². The number of nitrogens with one attached hydrogen (secondary N) is 2. The standard InChI is InChI=1S/C25H20F2N10O2S/c26-12-24(17-8-25(17,40-23(28)35-24)18-9-32-37-36-18)14-7-13(1-2-15(14)27)33-22-21-16(3-4-30-22)34-19(10-31-21)39-11-20-29-5-6-38-20/h1-7,9-10,17H,8,11-12H2,(H2,28,35)(H,30,33)(H,32,36,37)/t17?,24-,25+/m1/s1. The van der Waals surface area contributed by atoms with Crippen molar-refractivity contribution in [3.8, 4) is 5.88 Å². The highest BCUT2D eigenvalue weighted by atomic mass is 32.2. The molecule has 202 valence electrons.